The van der Waals surface area contributed by atoms with Crippen molar-refractivity contribution in [3.63, 3.8) is 0 Å². The first-order valence-electron chi connectivity index (χ1n) is 8.31. The van der Waals surface area contributed by atoms with Gasteiger partial charge in [-0.25, -0.2) is 9.37 Å². The molecule has 0 aliphatic carbocycles. The molecule has 0 saturated heterocycles. The average molecular weight is 352 g/mol. The van der Waals surface area contributed by atoms with Gasteiger partial charge in [-0.2, -0.15) is 5.10 Å². The number of ether oxygens (including phenoxy) is 1. The highest BCUT2D eigenvalue weighted by atomic mass is 19.1. The minimum Gasteiger partial charge on any atom is -0.471 e. The summed E-state index contributed by atoms with van der Waals surface area (Å²) < 4.78 is 20.5. The van der Waals surface area contributed by atoms with Gasteiger partial charge in [0.15, 0.2) is 0 Å². The Kier molecular flexibility index (Phi) is 4.12. The van der Waals surface area contributed by atoms with Crippen molar-refractivity contribution in [1.82, 2.24) is 14.8 Å². The summed E-state index contributed by atoms with van der Waals surface area (Å²) in [6.45, 7) is 2.73. The summed E-state index contributed by atoms with van der Waals surface area (Å²) in [6.07, 6.45) is 1.65. The van der Waals surface area contributed by atoms with Crippen LogP contribution in [0.5, 0.6) is 5.88 Å². The molecule has 0 spiro atoms. The first-order chi connectivity index (χ1) is 12.6. The number of benzene rings is 1. The number of rotatable bonds is 4. The lowest BCUT2D eigenvalue weighted by Gasteiger charge is -2.33. The van der Waals surface area contributed by atoms with Gasteiger partial charge in [-0.05, 0) is 43.3 Å². The second-order valence-electron chi connectivity index (χ2n) is 6.16. The molecule has 132 valence electrons. The van der Waals surface area contributed by atoms with Crippen molar-refractivity contribution >= 4 is 11.6 Å². The molecule has 1 atom stereocenters. The molecule has 1 aliphatic rings. The number of nitrogens with zero attached hydrogens (tertiary/aromatic N) is 4. The zero-order valence-electron chi connectivity index (χ0n) is 14.2. The molecule has 1 aliphatic heterocycles. The number of hydrogen-bond acceptors (Lipinski definition) is 4. The van der Waals surface area contributed by atoms with Crippen LogP contribution in [-0.2, 0) is 13.2 Å². The van der Waals surface area contributed by atoms with Gasteiger partial charge in [-0.3, -0.25) is 9.48 Å². The van der Waals surface area contributed by atoms with Crippen molar-refractivity contribution in [2.45, 2.75) is 26.1 Å². The summed E-state index contributed by atoms with van der Waals surface area (Å²) in [5.74, 6) is 0.0166. The Morgan fingerprint density at radius 2 is 2.04 bits per heavy atom. The van der Waals surface area contributed by atoms with Gasteiger partial charge in [0.1, 0.15) is 23.8 Å². The molecule has 3 aromatic rings. The maximum absolute atomic E-state index is 13.2. The molecule has 0 N–H and O–H groups in total. The summed E-state index contributed by atoms with van der Waals surface area (Å²) in [4.78, 5) is 18.7. The number of pyridine rings is 1. The number of anilines is 1. The van der Waals surface area contributed by atoms with E-state index in [4.69, 9.17) is 4.74 Å². The fourth-order valence-corrected chi connectivity index (χ4v) is 3.06. The molecule has 0 bridgehead atoms. The lowest BCUT2D eigenvalue weighted by atomic mass is 10.1. The van der Waals surface area contributed by atoms with Crippen LogP contribution in [0.2, 0.25) is 0 Å². The Balaban J connectivity index is 1.56. The van der Waals surface area contributed by atoms with Gasteiger partial charge < -0.3 is 9.64 Å². The average Bonchev–Trinajstić information content (AvgIpc) is 3.05. The van der Waals surface area contributed by atoms with Crippen LogP contribution >= 0.6 is 0 Å². The highest BCUT2D eigenvalue weighted by Crippen LogP contribution is 2.26. The predicted octanol–water partition coefficient (Wildman–Crippen LogP) is 3.05. The summed E-state index contributed by atoms with van der Waals surface area (Å²) >= 11 is 0. The first kappa shape index (κ1) is 16.3. The second kappa shape index (κ2) is 6.59. The molecule has 26 heavy (non-hydrogen) atoms. The van der Waals surface area contributed by atoms with E-state index in [9.17, 15) is 9.18 Å². The molecule has 0 radical (unpaired) electrons. The molecule has 0 fully saturated rings. The fraction of sp³-hybridized carbons (Fsp3) is 0.211. The molecule has 1 aromatic carbocycles. The highest BCUT2D eigenvalue weighted by Gasteiger charge is 2.32. The summed E-state index contributed by atoms with van der Waals surface area (Å²) in [6, 6.07) is 13.0. The minimum atomic E-state index is -0.329. The molecule has 7 heteroatoms. The van der Waals surface area contributed by atoms with E-state index in [0.717, 1.165) is 0 Å². The van der Waals surface area contributed by atoms with Gasteiger partial charge in [-0.15, -0.1) is 0 Å². The lowest BCUT2D eigenvalue weighted by molar-refractivity contribution is 0.0947. The molecule has 2 aromatic heterocycles. The zero-order valence-corrected chi connectivity index (χ0v) is 14.2. The molecule has 0 unspecified atom stereocenters. The van der Waals surface area contributed by atoms with Crippen molar-refractivity contribution in [2.24, 2.45) is 0 Å². The lowest BCUT2D eigenvalue weighted by Crippen LogP contribution is -2.46. The number of carbonyl (C=O) groups excluding carboxylic acids is 1. The number of hydrogen-bond donors (Lipinski definition) is 0. The van der Waals surface area contributed by atoms with Crippen molar-refractivity contribution < 1.29 is 13.9 Å². The quantitative estimate of drug-likeness (QED) is 0.724. The number of carbonyl (C=O) groups is 1. The Bertz CT molecular complexity index is 924. The maximum Gasteiger partial charge on any atom is 0.276 e. The fourth-order valence-electron chi connectivity index (χ4n) is 3.06. The largest absolute Gasteiger partial charge is 0.471 e. The first-order valence-corrected chi connectivity index (χ1v) is 8.31. The molecule has 3 heterocycles. The van der Waals surface area contributed by atoms with Crippen LogP contribution in [0.25, 0.3) is 0 Å². The van der Waals surface area contributed by atoms with Gasteiger partial charge in [-0.1, -0.05) is 6.07 Å². The van der Waals surface area contributed by atoms with Gasteiger partial charge in [0, 0.05) is 18.0 Å². The number of fused-ring (bicyclic) bond motifs is 1. The van der Waals surface area contributed by atoms with Gasteiger partial charge in [0.05, 0.1) is 12.6 Å². The van der Waals surface area contributed by atoms with Crippen LogP contribution in [0.3, 0.4) is 0 Å². The van der Waals surface area contributed by atoms with Gasteiger partial charge >= 0.3 is 0 Å². The van der Waals surface area contributed by atoms with Crippen molar-refractivity contribution in [3.8, 4) is 5.88 Å². The summed E-state index contributed by atoms with van der Waals surface area (Å²) in [5.41, 5.74) is 1.82. The standard InChI is InChI=1S/C19H17FN4O2/c1-13-11-23-17(19(25)24(13)16-7-5-14(20)6-8-16)10-15(22-23)12-26-18-4-2-3-9-21-18/h2-10,13H,11-12H2,1H3/t13-/m1/s1. The van der Waals surface area contributed by atoms with E-state index in [-0.39, 0.29) is 24.4 Å². The van der Waals surface area contributed by atoms with Crippen LogP contribution in [-0.4, -0.2) is 26.7 Å². The molecule has 1 amide bonds. The molecular formula is C19H17FN4O2. The van der Waals surface area contributed by atoms with E-state index < -0.39 is 0 Å². The van der Waals surface area contributed by atoms with E-state index in [1.807, 2.05) is 19.1 Å². The van der Waals surface area contributed by atoms with E-state index in [1.165, 1.54) is 12.1 Å². The van der Waals surface area contributed by atoms with Crippen LogP contribution in [0.1, 0.15) is 23.1 Å². The highest BCUT2D eigenvalue weighted by molar-refractivity contribution is 6.06. The van der Waals surface area contributed by atoms with Crippen LogP contribution in [0, 0.1) is 5.82 Å². The van der Waals surface area contributed by atoms with Crippen molar-refractivity contribution in [2.75, 3.05) is 4.90 Å². The number of halogens is 1. The zero-order chi connectivity index (χ0) is 18.1. The van der Waals surface area contributed by atoms with Crippen molar-refractivity contribution in [1.29, 1.82) is 0 Å². The number of amides is 1. The maximum atomic E-state index is 13.2. The van der Waals surface area contributed by atoms with Crippen molar-refractivity contribution in [3.05, 3.63) is 71.9 Å². The Morgan fingerprint density at radius 1 is 1.23 bits per heavy atom. The summed E-state index contributed by atoms with van der Waals surface area (Å²) in [7, 11) is 0. The topological polar surface area (TPSA) is 60.2 Å². The van der Waals surface area contributed by atoms with Crippen LogP contribution in [0.4, 0.5) is 10.1 Å². The SMILES string of the molecule is C[C@@H]1Cn2nc(COc3ccccn3)cc2C(=O)N1c1ccc(F)cc1. The van der Waals surface area contributed by atoms with Crippen LogP contribution < -0.4 is 9.64 Å². The third-order valence-electron chi connectivity index (χ3n) is 4.26. The van der Waals surface area contributed by atoms with Crippen LogP contribution in [0.15, 0.2) is 54.7 Å². The second-order valence-corrected chi connectivity index (χ2v) is 6.16. The van der Waals surface area contributed by atoms with E-state index in [0.29, 0.717) is 29.5 Å². The predicted molar refractivity (Wildman–Crippen MR) is 93.5 cm³/mol. The molecule has 6 nitrogen and oxygen atoms in total. The monoisotopic (exact) mass is 352 g/mol. The number of aromatic nitrogens is 3. The van der Waals surface area contributed by atoms with Gasteiger partial charge in [0.2, 0.25) is 5.88 Å². The summed E-state index contributed by atoms with van der Waals surface area (Å²) in [5, 5.41) is 4.47. The van der Waals surface area contributed by atoms with E-state index >= 15 is 0 Å². The molecular weight excluding hydrogens is 335 g/mol. The van der Waals surface area contributed by atoms with Gasteiger partial charge in [0.25, 0.3) is 5.91 Å². The van der Waals surface area contributed by atoms with E-state index in [1.54, 1.807) is 40.0 Å². The molecule has 0 saturated carbocycles. The third-order valence-corrected chi connectivity index (χ3v) is 4.26. The molecule has 4 rings (SSSR count). The Labute approximate surface area is 149 Å². The Hall–Kier alpha value is -3.22. The normalized spacial score (nSPS) is 16.5. The Morgan fingerprint density at radius 3 is 2.77 bits per heavy atom. The minimum absolute atomic E-state index is 0.0927. The third kappa shape index (κ3) is 3.03. The smallest absolute Gasteiger partial charge is 0.276 e. The van der Waals surface area contributed by atoms with E-state index in [2.05, 4.69) is 10.1 Å².